The molecule has 1 aliphatic carbocycles. The van der Waals surface area contributed by atoms with Crippen LogP contribution in [0.15, 0.2) is 28.1 Å². The number of thiophene rings is 2. The molecule has 1 saturated carbocycles. The quantitative estimate of drug-likeness (QED) is 0.258. The summed E-state index contributed by atoms with van der Waals surface area (Å²) >= 11 is 13.7. The number of pyridine rings is 1. The number of carboxylic acid groups (broad SMARTS) is 1. The van der Waals surface area contributed by atoms with Crippen molar-refractivity contribution in [1.29, 1.82) is 0 Å². The van der Waals surface area contributed by atoms with Gasteiger partial charge in [0.25, 0.3) is 6.47 Å². The molecule has 0 spiro atoms. The van der Waals surface area contributed by atoms with E-state index < -0.39 is 0 Å². The number of aromatic nitrogens is 1. The summed E-state index contributed by atoms with van der Waals surface area (Å²) in [6, 6.07) is 6.33. The first-order valence-corrected chi connectivity index (χ1v) is 12.5. The van der Waals surface area contributed by atoms with Crippen LogP contribution in [0.25, 0.3) is 10.2 Å². The van der Waals surface area contributed by atoms with Gasteiger partial charge in [-0.3, -0.25) is 4.79 Å². The van der Waals surface area contributed by atoms with Gasteiger partial charge in [-0.25, -0.2) is 4.98 Å². The van der Waals surface area contributed by atoms with Crippen LogP contribution in [0.1, 0.15) is 48.8 Å². The van der Waals surface area contributed by atoms with Gasteiger partial charge >= 0.3 is 0 Å². The van der Waals surface area contributed by atoms with Crippen LogP contribution in [0, 0.1) is 5.41 Å². The second-order valence-corrected chi connectivity index (χ2v) is 11.4. The third-order valence-corrected chi connectivity index (χ3v) is 8.87. The van der Waals surface area contributed by atoms with E-state index in [1.54, 1.807) is 22.7 Å². The number of rotatable bonds is 4. The Bertz CT molecular complexity index is 1010. The maximum absolute atomic E-state index is 8.36. The largest absolute Gasteiger partial charge is 0.483 e. The molecule has 3 aromatic heterocycles. The van der Waals surface area contributed by atoms with Gasteiger partial charge in [0, 0.05) is 34.3 Å². The molecule has 0 amide bonds. The average Bonchev–Trinajstić information content (AvgIpc) is 3.31. The molecule has 0 aliphatic heterocycles. The smallest absolute Gasteiger partial charge is 0.290 e. The highest BCUT2D eigenvalue weighted by Crippen LogP contribution is 2.50. The number of halogens is 2. The van der Waals surface area contributed by atoms with Crippen LogP contribution in [0.4, 0.5) is 5.69 Å². The van der Waals surface area contributed by atoms with E-state index in [-0.39, 0.29) is 12.5 Å². The Morgan fingerprint density at radius 2 is 2.23 bits per heavy atom. The Morgan fingerprint density at radius 3 is 2.90 bits per heavy atom. The van der Waals surface area contributed by atoms with E-state index in [9.17, 15) is 0 Å². The maximum Gasteiger partial charge on any atom is 0.290 e. The van der Waals surface area contributed by atoms with Gasteiger partial charge in [-0.1, -0.05) is 31.5 Å². The molecular formula is C21H25BrClN3O2S2. The van der Waals surface area contributed by atoms with Crippen molar-refractivity contribution < 1.29 is 9.90 Å². The second kappa shape index (κ2) is 9.96. The second-order valence-electron chi connectivity index (χ2n) is 8.17. The molecule has 4 rings (SSSR count). The highest BCUT2D eigenvalue weighted by atomic mass is 79.9. The first-order valence-electron chi connectivity index (χ1n) is 9.64. The monoisotopic (exact) mass is 529 g/mol. The van der Waals surface area contributed by atoms with Gasteiger partial charge in [-0.2, -0.15) is 0 Å². The van der Waals surface area contributed by atoms with Gasteiger partial charge in [0.2, 0.25) is 0 Å². The Balaban J connectivity index is 0.000000806. The third-order valence-electron chi connectivity index (χ3n) is 5.39. The predicted octanol–water partition coefficient (Wildman–Crippen LogP) is 6.71. The minimum absolute atomic E-state index is 0.195. The Morgan fingerprint density at radius 1 is 1.50 bits per heavy atom. The molecule has 0 saturated heterocycles. The van der Waals surface area contributed by atoms with Crippen molar-refractivity contribution in [3.63, 3.8) is 0 Å². The zero-order valence-electron chi connectivity index (χ0n) is 16.8. The average molecular weight is 531 g/mol. The lowest BCUT2D eigenvalue weighted by molar-refractivity contribution is -0.122. The van der Waals surface area contributed by atoms with Gasteiger partial charge in [0.15, 0.2) is 0 Å². The van der Waals surface area contributed by atoms with E-state index >= 15 is 0 Å². The minimum Gasteiger partial charge on any atom is -0.483 e. The van der Waals surface area contributed by atoms with Crippen LogP contribution in [0.2, 0.25) is 5.15 Å². The summed E-state index contributed by atoms with van der Waals surface area (Å²) < 4.78 is 2.20. The number of nitrogens with two attached hydrogens (primary N) is 1. The molecular weight excluding hydrogens is 506 g/mol. The van der Waals surface area contributed by atoms with Gasteiger partial charge in [0.05, 0.1) is 20.4 Å². The molecule has 162 valence electrons. The molecule has 2 atom stereocenters. The first kappa shape index (κ1) is 23.5. The molecule has 0 aromatic carbocycles. The van der Waals surface area contributed by atoms with Crippen LogP contribution in [0.5, 0.6) is 0 Å². The Hall–Kier alpha value is -1.19. The van der Waals surface area contributed by atoms with Gasteiger partial charge in [-0.15, -0.1) is 22.7 Å². The van der Waals surface area contributed by atoms with Crippen molar-refractivity contribution in [3.8, 4) is 0 Å². The van der Waals surface area contributed by atoms with Crippen LogP contribution in [-0.4, -0.2) is 22.6 Å². The molecule has 0 unspecified atom stereocenters. The fourth-order valence-corrected chi connectivity index (χ4v) is 6.98. The number of nitrogens with one attached hydrogen (secondary N) is 1. The fourth-order valence-electron chi connectivity index (χ4n) is 3.89. The lowest BCUT2D eigenvalue weighted by Crippen LogP contribution is -2.37. The zero-order valence-corrected chi connectivity index (χ0v) is 20.8. The molecule has 30 heavy (non-hydrogen) atoms. The van der Waals surface area contributed by atoms with E-state index in [0.29, 0.717) is 16.5 Å². The van der Waals surface area contributed by atoms with Crippen molar-refractivity contribution in [2.45, 2.75) is 51.6 Å². The van der Waals surface area contributed by atoms with Crippen molar-refractivity contribution in [1.82, 2.24) is 4.98 Å². The van der Waals surface area contributed by atoms with E-state index in [2.05, 4.69) is 57.6 Å². The molecule has 9 heteroatoms. The summed E-state index contributed by atoms with van der Waals surface area (Å²) in [7, 11) is 0. The van der Waals surface area contributed by atoms with Crippen molar-refractivity contribution in [2.24, 2.45) is 11.1 Å². The van der Waals surface area contributed by atoms with E-state index in [1.807, 2.05) is 6.07 Å². The SMILES string of the molecule is CC1(C)CC[C@@H](N)[C@H](c2sc3c(NCc4cccs4)cc(Cl)nc3c2Br)C1.O=CO. The molecule has 4 N–H and O–H groups in total. The first-order chi connectivity index (χ1) is 14.3. The van der Waals surface area contributed by atoms with Crippen molar-refractivity contribution >= 4 is 72.6 Å². The topological polar surface area (TPSA) is 88.2 Å². The number of hydrogen-bond acceptors (Lipinski definition) is 6. The van der Waals surface area contributed by atoms with Gasteiger partial charge < -0.3 is 16.2 Å². The van der Waals surface area contributed by atoms with Crippen LogP contribution in [0.3, 0.4) is 0 Å². The molecule has 1 aliphatic rings. The Labute approximate surface area is 197 Å². The number of fused-ring (bicyclic) bond motifs is 1. The van der Waals surface area contributed by atoms with Crippen molar-refractivity contribution in [2.75, 3.05) is 5.32 Å². The Kier molecular flexibility index (Phi) is 7.79. The molecule has 3 heterocycles. The normalized spacial score (nSPS) is 20.4. The third kappa shape index (κ3) is 5.34. The van der Waals surface area contributed by atoms with Crippen molar-refractivity contribution in [3.05, 3.63) is 43.0 Å². The van der Waals surface area contributed by atoms with Gasteiger partial charge in [-0.05, 0) is 52.1 Å². The van der Waals surface area contributed by atoms with E-state index in [1.165, 1.54) is 16.2 Å². The molecule has 3 aromatic rings. The molecule has 1 fully saturated rings. The van der Waals surface area contributed by atoms with E-state index in [4.69, 9.17) is 27.2 Å². The number of hydrogen-bond donors (Lipinski definition) is 3. The fraction of sp³-hybridized carbons (Fsp3) is 0.429. The summed E-state index contributed by atoms with van der Waals surface area (Å²) in [6.07, 6.45) is 3.35. The molecule has 5 nitrogen and oxygen atoms in total. The summed E-state index contributed by atoms with van der Waals surface area (Å²) in [5.74, 6) is 0.353. The van der Waals surface area contributed by atoms with E-state index in [0.717, 1.165) is 39.8 Å². The lowest BCUT2D eigenvalue weighted by Gasteiger charge is -2.39. The number of carbonyl (C=O) groups is 1. The summed E-state index contributed by atoms with van der Waals surface area (Å²) in [6.45, 7) is 5.22. The molecule has 0 radical (unpaired) electrons. The standard InChI is InChI=1S/C20H23BrClN3S2.CH2O2/c1-20(2)6-5-13(23)12(9-20)18-16(21)17-19(27-18)14(8-15(22)25-17)24-10-11-4-3-7-26-11;2-1-3/h3-4,7-8,12-13H,5-6,9-10,23H2,1-2H3,(H,24,25);1H,(H,2,3)/t12-,13-;/m1./s1. The lowest BCUT2D eigenvalue weighted by atomic mass is 9.70. The number of nitrogens with zero attached hydrogens (tertiary/aromatic N) is 1. The minimum atomic E-state index is -0.250. The number of anilines is 1. The summed E-state index contributed by atoms with van der Waals surface area (Å²) in [4.78, 5) is 15.6. The van der Waals surface area contributed by atoms with Crippen LogP contribution in [-0.2, 0) is 11.3 Å². The molecule has 0 bridgehead atoms. The highest BCUT2D eigenvalue weighted by molar-refractivity contribution is 9.10. The highest BCUT2D eigenvalue weighted by Gasteiger charge is 2.36. The van der Waals surface area contributed by atoms with Crippen LogP contribution < -0.4 is 11.1 Å². The summed E-state index contributed by atoms with van der Waals surface area (Å²) in [5, 5.41) is 13.0. The predicted molar refractivity (Wildman–Crippen MR) is 131 cm³/mol. The zero-order chi connectivity index (χ0) is 21.9. The van der Waals surface area contributed by atoms with Crippen LogP contribution >= 0.6 is 50.2 Å². The summed E-state index contributed by atoms with van der Waals surface area (Å²) in [5.41, 5.74) is 8.84. The maximum atomic E-state index is 8.36. The van der Waals surface area contributed by atoms with Gasteiger partial charge in [0.1, 0.15) is 5.15 Å².